The number of nitrogens with one attached hydrogen (secondary N) is 1. The molecule has 0 fully saturated rings. The molecule has 0 bridgehead atoms. The summed E-state index contributed by atoms with van der Waals surface area (Å²) >= 11 is 0. The molecule has 1 N–H and O–H groups in total. The highest BCUT2D eigenvalue weighted by Gasteiger charge is 2.14. The fourth-order valence-electron chi connectivity index (χ4n) is 2.87. The molecule has 1 aromatic heterocycles. The van der Waals surface area contributed by atoms with Crippen LogP contribution in [0.25, 0.3) is 17.0 Å². The molecule has 0 unspecified atom stereocenters. The second kappa shape index (κ2) is 8.17. The summed E-state index contributed by atoms with van der Waals surface area (Å²) in [6, 6.07) is 6.44. The SMILES string of the molecule is C/C=C\c1ccc2c(CCNS(=O)(=O)N(C)C)cn(CC(C)C)c2c1. The van der Waals surface area contributed by atoms with Crippen molar-refractivity contribution < 1.29 is 8.42 Å². The van der Waals surface area contributed by atoms with Crippen molar-refractivity contribution in [3.63, 3.8) is 0 Å². The van der Waals surface area contributed by atoms with E-state index in [0.717, 1.165) is 6.54 Å². The molecule has 0 amide bonds. The minimum absolute atomic E-state index is 0.387. The number of benzene rings is 1. The number of nitrogens with zero attached hydrogens (tertiary/aromatic N) is 2. The first-order valence-corrected chi connectivity index (χ1v) is 10.1. The molecule has 1 heterocycles. The molecule has 0 spiro atoms. The van der Waals surface area contributed by atoms with E-state index in [4.69, 9.17) is 0 Å². The molecule has 0 aliphatic heterocycles. The lowest BCUT2D eigenvalue weighted by Gasteiger charge is -2.11. The van der Waals surface area contributed by atoms with Gasteiger partial charge in [0.15, 0.2) is 0 Å². The molecule has 5 nitrogen and oxygen atoms in total. The molecule has 0 aliphatic carbocycles. The van der Waals surface area contributed by atoms with Crippen molar-refractivity contribution in [2.75, 3.05) is 20.6 Å². The predicted molar refractivity (Wildman–Crippen MR) is 106 cm³/mol. The third-order valence-corrected chi connectivity index (χ3v) is 5.60. The number of hydrogen-bond donors (Lipinski definition) is 1. The minimum Gasteiger partial charge on any atom is -0.347 e. The van der Waals surface area contributed by atoms with Crippen LogP contribution in [-0.2, 0) is 23.2 Å². The molecular formula is C19H29N3O2S. The smallest absolute Gasteiger partial charge is 0.278 e. The molecule has 2 rings (SSSR count). The summed E-state index contributed by atoms with van der Waals surface area (Å²) < 4.78 is 29.8. The number of aromatic nitrogens is 1. The van der Waals surface area contributed by atoms with E-state index in [1.807, 2.05) is 13.0 Å². The van der Waals surface area contributed by atoms with Crippen LogP contribution in [0.2, 0.25) is 0 Å². The van der Waals surface area contributed by atoms with Crippen LogP contribution in [0.4, 0.5) is 0 Å². The van der Waals surface area contributed by atoms with Gasteiger partial charge in [0.1, 0.15) is 0 Å². The van der Waals surface area contributed by atoms with Crippen LogP contribution in [0.15, 0.2) is 30.5 Å². The largest absolute Gasteiger partial charge is 0.347 e. The maximum atomic E-state index is 11.9. The van der Waals surface area contributed by atoms with E-state index in [1.165, 1.54) is 40.4 Å². The van der Waals surface area contributed by atoms with Crippen molar-refractivity contribution in [3.8, 4) is 0 Å². The van der Waals surface area contributed by atoms with Crippen molar-refractivity contribution in [1.29, 1.82) is 0 Å². The molecule has 0 saturated carbocycles. The topological polar surface area (TPSA) is 54.3 Å². The normalized spacial score (nSPS) is 12.9. The molecule has 138 valence electrons. The molecular weight excluding hydrogens is 334 g/mol. The second-order valence-electron chi connectivity index (χ2n) is 6.91. The maximum Gasteiger partial charge on any atom is 0.278 e. The van der Waals surface area contributed by atoms with E-state index in [9.17, 15) is 8.42 Å². The number of allylic oxidation sites excluding steroid dienone is 1. The van der Waals surface area contributed by atoms with Gasteiger partial charge in [-0.3, -0.25) is 0 Å². The highest BCUT2D eigenvalue weighted by molar-refractivity contribution is 7.87. The fourth-order valence-corrected chi connectivity index (χ4v) is 3.49. The van der Waals surface area contributed by atoms with Gasteiger partial charge in [-0.25, -0.2) is 4.72 Å². The molecule has 25 heavy (non-hydrogen) atoms. The lowest BCUT2D eigenvalue weighted by molar-refractivity contribution is 0.506. The summed E-state index contributed by atoms with van der Waals surface area (Å²) in [5.41, 5.74) is 3.55. The third kappa shape index (κ3) is 4.93. The van der Waals surface area contributed by atoms with E-state index in [0.29, 0.717) is 18.9 Å². The van der Waals surface area contributed by atoms with Gasteiger partial charge in [0.25, 0.3) is 10.2 Å². The van der Waals surface area contributed by atoms with E-state index in [1.54, 1.807) is 0 Å². The average Bonchev–Trinajstić information content (AvgIpc) is 2.84. The summed E-state index contributed by atoms with van der Waals surface area (Å²) in [4.78, 5) is 0. The van der Waals surface area contributed by atoms with Crippen LogP contribution in [0.5, 0.6) is 0 Å². The number of rotatable bonds is 8. The fraction of sp³-hybridized carbons (Fsp3) is 0.474. The summed E-state index contributed by atoms with van der Waals surface area (Å²) in [6.45, 7) is 7.75. The van der Waals surface area contributed by atoms with Gasteiger partial charge in [0.05, 0.1) is 0 Å². The summed E-state index contributed by atoms with van der Waals surface area (Å²) in [5, 5.41) is 1.19. The van der Waals surface area contributed by atoms with Gasteiger partial charge in [-0.2, -0.15) is 12.7 Å². The maximum absolute atomic E-state index is 11.9. The van der Waals surface area contributed by atoms with Gasteiger partial charge in [-0.1, -0.05) is 38.1 Å². The number of hydrogen-bond acceptors (Lipinski definition) is 2. The van der Waals surface area contributed by atoms with E-state index in [2.05, 4.69) is 53.6 Å². The summed E-state index contributed by atoms with van der Waals surface area (Å²) in [6.07, 6.45) is 6.95. The molecule has 1 aromatic carbocycles. The van der Waals surface area contributed by atoms with Crippen LogP contribution in [0.3, 0.4) is 0 Å². The highest BCUT2D eigenvalue weighted by atomic mass is 32.2. The Kier molecular flexibility index (Phi) is 6.43. The Hall–Kier alpha value is -1.63. The molecule has 0 radical (unpaired) electrons. The Morgan fingerprint density at radius 2 is 2.00 bits per heavy atom. The predicted octanol–water partition coefficient (Wildman–Crippen LogP) is 3.27. The van der Waals surface area contributed by atoms with Gasteiger partial charge in [-0.15, -0.1) is 0 Å². The molecule has 0 aliphatic rings. The monoisotopic (exact) mass is 363 g/mol. The van der Waals surface area contributed by atoms with Crippen molar-refractivity contribution in [3.05, 3.63) is 41.6 Å². The van der Waals surface area contributed by atoms with Gasteiger partial charge in [-0.05, 0) is 36.5 Å². The molecule has 2 aromatic rings. The van der Waals surface area contributed by atoms with Crippen LogP contribution in [-0.4, -0.2) is 37.9 Å². The van der Waals surface area contributed by atoms with Crippen LogP contribution in [0.1, 0.15) is 31.9 Å². The zero-order valence-electron chi connectivity index (χ0n) is 15.8. The van der Waals surface area contributed by atoms with E-state index >= 15 is 0 Å². The van der Waals surface area contributed by atoms with Gasteiger partial charge >= 0.3 is 0 Å². The van der Waals surface area contributed by atoms with Gasteiger partial charge < -0.3 is 4.57 Å². The van der Waals surface area contributed by atoms with Crippen LogP contribution >= 0.6 is 0 Å². The summed E-state index contributed by atoms with van der Waals surface area (Å²) in [7, 11) is -0.326. The second-order valence-corrected chi connectivity index (χ2v) is 8.88. The first kappa shape index (κ1) is 19.7. The molecule has 6 heteroatoms. The standard InChI is InChI=1S/C19H29N3O2S/c1-6-7-16-8-9-18-17(10-11-20-25(23,24)21(4)5)14-22(13-15(2)3)19(18)12-16/h6-9,12,14-15,20H,10-11,13H2,1-5H3/b7-6-. The zero-order chi connectivity index (χ0) is 18.6. The van der Waals surface area contributed by atoms with Crippen molar-refractivity contribution in [2.24, 2.45) is 5.92 Å². The first-order chi connectivity index (χ1) is 11.7. The van der Waals surface area contributed by atoms with Crippen molar-refractivity contribution in [1.82, 2.24) is 13.6 Å². The Balaban J connectivity index is 2.30. The number of fused-ring (bicyclic) bond motifs is 1. The van der Waals surface area contributed by atoms with Crippen LogP contribution < -0.4 is 4.72 Å². The average molecular weight is 364 g/mol. The Bertz CT molecular complexity index is 849. The van der Waals surface area contributed by atoms with Crippen LogP contribution in [0, 0.1) is 5.92 Å². The summed E-state index contributed by atoms with van der Waals surface area (Å²) in [5.74, 6) is 0.543. The van der Waals surface area contributed by atoms with Crippen molar-refractivity contribution in [2.45, 2.75) is 33.7 Å². The zero-order valence-corrected chi connectivity index (χ0v) is 16.6. The van der Waals surface area contributed by atoms with Gasteiger partial charge in [0.2, 0.25) is 0 Å². The first-order valence-electron chi connectivity index (χ1n) is 8.66. The van der Waals surface area contributed by atoms with E-state index in [-0.39, 0.29) is 0 Å². The lowest BCUT2D eigenvalue weighted by atomic mass is 10.1. The van der Waals surface area contributed by atoms with Crippen molar-refractivity contribution >= 4 is 27.2 Å². The quantitative estimate of drug-likeness (QED) is 0.783. The minimum atomic E-state index is -3.38. The third-order valence-electron chi connectivity index (χ3n) is 4.07. The Morgan fingerprint density at radius 1 is 1.28 bits per heavy atom. The lowest BCUT2D eigenvalue weighted by Crippen LogP contribution is -2.36. The highest BCUT2D eigenvalue weighted by Crippen LogP contribution is 2.25. The molecule has 0 saturated heterocycles. The Labute approximate surface area is 151 Å². The Morgan fingerprint density at radius 3 is 2.60 bits per heavy atom. The van der Waals surface area contributed by atoms with Gasteiger partial charge in [0, 0.05) is 44.3 Å². The van der Waals surface area contributed by atoms with E-state index < -0.39 is 10.2 Å². The molecule has 0 atom stereocenters.